The SMILES string of the molecule is C=C(C)CSc1nc(=O)c2c3c(sc2n1-c1ccccc1)CCC3. The van der Waals surface area contributed by atoms with Gasteiger partial charge in [-0.05, 0) is 43.9 Å². The fourth-order valence-corrected chi connectivity index (χ4v) is 5.45. The van der Waals surface area contributed by atoms with Crippen LogP contribution >= 0.6 is 23.1 Å². The summed E-state index contributed by atoms with van der Waals surface area (Å²) in [5.41, 5.74) is 3.27. The molecule has 0 saturated heterocycles. The van der Waals surface area contributed by atoms with Crippen LogP contribution in [0.5, 0.6) is 0 Å². The standard InChI is InChI=1S/C19H18N2OS2/c1-12(2)11-23-19-20-17(22)16-14-9-6-10-15(14)24-18(16)21(19)13-7-4-3-5-8-13/h3-5,7-8H,1,6,9-11H2,2H3. The van der Waals surface area contributed by atoms with Gasteiger partial charge in [0.15, 0.2) is 5.16 Å². The van der Waals surface area contributed by atoms with Gasteiger partial charge < -0.3 is 0 Å². The third kappa shape index (κ3) is 2.62. The minimum absolute atomic E-state index is 0.0826. The Morgan fingerprint density at radius 3 is 2.88 bits per heavy atom. The van der Waals surface area contributed by atoms with Gasteiger partial charge >= 0.3 is 0 Å². The molecule has 1 aliphatic rings. The number of fused-ring (bicyclic) bond motifs is 3. The minimum Gasteiger partial charge on any atom is -0.280 e. The van der Waals surface area contributed by atoms with E-state index in [1.165, 1.54) is 10.4 Å². The summed E-state index contributed by atoms with van der Waals surface area (Å²) < 4.78 is 2.15. The number of nitrogens with zero attached hydrogens (tertiary/aromatic N) is 2. The second kappa shape index (κ2) is 6.22. The normalized spacial score (nSPS) is 13.4. The van der Waals surface area contributed by atoms with Crippen LogP contribution in [0.2, 0.25) is 0 Å². The highest BCUT2D eigenvalue weighted by Crippen LogP contribution is 2.38. The summed E-state index contributed by atoms with van der Waals surface area (Å²) in [6.07, 6.45) is 3.23. The molecule has 2 aromatic heterocycles. The predicted octanol–water partition coefficient (Wildman–Crippen LogP) is 4.60. The van der Waals surface area contributed by atoms with Crippen molar-refractivity contribution in [2.24, 2.45) is 0 Å². The van der Waals surface area contributed by atoms with Crippen LogP contribution in [0, 0.1) is 0 Å². The van der Waals surface area contributed by atoms with Crippen LogP contribution in [0.3, 0.4) is 0 Å². The quantitative estimate of drug-likeness (QED) is 0.390. The molecular formula is C19H18N2OS2. The lowest BCUT2D eigenvalue weighted by molar-refractivity contribution is 0.854. The molecule has 2 heterocycles. The van der Waals surface area contributed by atoms with Crippen molar-refractivity contribution in [2.75, 3.05) is 5.75 Å². The summed E-state index contributed by atoms with van der Waals surface area (Å²) in [7, 11) is 0. The maximum atomic E-state index is 12.7. The first-order chi connectivity index (χ1) is 11.6. The van der Waals surface area contributed by atoms with Crippen LogP contribution in [-0.2, 0) is 12.8 Å². The summed E-state index contributed by atoms with van der Waals surface area (Å²) in [5.74, 6) is 0.760. The van der Waals surface area contributed by atoms with Gasteiger partial charge in [-0.1, -0.05) is 42.1 Å². The Morgan fingerprint density at radius 2 is 2.12 bits per heavy atom. The van der Waals surface area contributed by atoms with Gasteiger partial charge in [0.1, 0.15) is 4.83 Å². The Kier molecular flexibility index (Phi) is 4.06. The summed E-state index contributed by atoms with van der Waals surface area (Å²) in [4.78, 5) is 19.5. The second-order valence-corrected chi connectivity index (χ2v) is 8.18. The van der Waals surface area contributed by atoms with Crippen molar-refractivity contribution in [3.8, 4) is 5.69 Å². The maximum absolute atomic E-state index is 12.7. The Balaban J connectivity index is 2.01. The van der Waals surface area contributed by atoms with Gasteiger partial charge in [-0.15, -0.1) is 11.3 Å². The molecule has 0 N–H and O–H groups in total. The van der Waals surface area contributed by atoms with Crippen LogP contribution in [0.1, 0.15) is 23.8 Å². The van der Waals surface area contributed by atoms with Crippen LogP contribution in [0.15, 0.2) is 52.4 Å². The van der Waals surface area contributed by atoms with Gasteiger partial charge in [0.2, 0.25) is 0 Å². The fraction of sp³-hybridized carbons (Fsp3) is 0.263. The van der Waals surface area contributed by atoms with Gasteiger partial charge in [-0.2, -0.15) is 4.98 Å². The fourth-order valence-electron chi connectivity index (χ4n) is 3.14. The molecule has 3 aromatic rings. The molecule has 0 spiro atoms. The van der Waals surface area contributed by atoms with E-state index >= 15 is 0 Å². The Morgan fingerprint density at radius 1 is 1.33 bits per heavy atom. The van der Waals surface area contributed by atoms with E-state index in [0.29, 0.717) is 0 Å². The lowest BCUT2D eigenvalue weighted by Gasteiger charge is -2.13. The molecule has 1 aromatic carbocycles. The number of hydrogen-bond donors (Lipinski definition) is 0. The first kappa shape index (κ1) is 15.7. The number of aryl methyl sites for hydroxylation is 2. The first-order valence-electron chi connectivity index (χ1n) is 8.05. The molecule has 0 radical (unpaired) electrons. The zero-order valence-corrected chi connectivity index (χ0v) is 15.2. The Bertz CT molecular complexity index is 986. The largest absolute Gasteiger partial charge is 0.282 e. The van der Waals surface area contributed by atoms with E-state index in [4.69, 9.17) is 0 Å². The summed E-state index contributed by atoms with van der Waals surface area (Å²) in [6, 6.07) is 10.2. The van der Waals surface area contributed by atoms with Gasteiger partial charge in [0, 0.05) is 16.3 Å². The van der Waals surface area contributed by atoms with E-state index in [1.54, 1.807) is 23.1 Å². The van der Waals surface area contributed by atoms with Crippen molar-refractivity contribution < 1.29 is 0 Å². The number of thioether (sulfide) groups is 1. The highest BCUT2D eigenvalue weighted by Gasteiger charge is 2.24. The molecule has 0 fully saturated rings. The third-order valence-corrected chi connectivity index (χ3v) is 6.62. The zero-order chi connectivity index (χ0) is 16.7. The number of para-hydroxylation sites is 1. The third-order valence-electron chi connectivity index (χ3n) is 4.17. The van der Waals surface area contributed by atoms with E-state index in [9.17, 15) is 4.79 Å². The van der Waals surface area contributed by atoms with Crippen molar-refractivity contribution in [3.05, 3.63) is 63.3 Å². The second-order valence-electron chi connectivity index (χ2n) is 6.15. The number of benzene rings is 1. The van der Waals surface area contributed by atoms with Crippen molar-refractivity contribution in [1.29, 1.82) is 0 Å². The minimum atomic E-state index is -0.0826. The molecule has 0 bridgehead atoms. The van der Waals surface area contributed by atoms with Crippen LogP contribution < -0.4 is 5.56 Å². The van der Waals surface area contributed by atoms with E-state index in [2.05, 4.69) is 28.3 Å². The van der Waals surface area contributed by atoms with E-state index < -0.39 is 0 Å². The van der Waals surface area contributed by atoms with Crippen molar-refractivity contribution >= 4 is 33.3 Å². The average Bonchev–Trinajstić information content (AvgIpc) is 3.14. The number of hydrogen-bond acceptors (Lipinski definition) is 4. The summed E-state index contributed by atoms with van der Waals surface area (Å²) in [6.45, 7) is 5.96. The molecule has 24 heavy (non-hydrogen) atoms. The van der Waals surface area contributed by atoms with Crippen molar-refractivity contribution in [2.45, 2.75) is 31.3 Å². The lowest BCUT2D eigenvalue weighted by Crippen LogP contribution is -2.15. The van der Waals surface area contributed by atoms with Gasteiger partial charge in [-0.3, -0.25) is 9.36 Å². The molecule has 1 aliphatic carbocycles. The average molecular weight is 355 g/mol. The number of aromatic nitrogens is 2. The van der Waals surface area contributed by atoms with Gasteiger partial charge in [0.25, 0.3) is 5.56 Å². The topological polar surface area (TPSA) is 34.9 Å². The van der Waals surface area contributed by atoms with Crippen molar-refractivity contribution in [1.82, 2.24) is 9.55 Å². The van der Waals surface area contributed by atoms with Crippen LogP contribution in [0.4, 0.5) is 0 Å². The Labute approximate surface area is 149 Å². The molecule has 0 aliphatic heterocycles. The number of thiophene rings is 1. The van der Waals surface area contributed by atoms with Crippen LogP contribution in [-0.4, -0.2) is 15.3 Å². The lowest BCUT2D eigenvalue weighted by atomic mass is 10.2. The van der Waals surface area contributed by atoms with E-state index in [0.717, 1.165) is 51.6 Å². The Hall–Kier alpha value is -1.85. The predicted molar refractivity (Wildman–Crippen MR) is 103 cm³/mol. The monoisotopic (exact) mass is 354 g/mol. The molecule has 5 heteroatoms. The molecule has 0 unspecified atom stereocenters. The van der Waals surface area contributed by atoms with Crippen molar-refractivity contribution in [3.63, 3.8) is 0 Å². The molecule has 0 saturated carbocycles. The van der Waals surface area contributed by atoms with Gasteiger partial charge in [0.05, 0.1) is 5.39 Å². The van der Waals surface area contributed by atoms with E-state index in [-0.39, 0.29) is 5.56 Å². The summed E-state index contributed by atoms with van der Waals surface area (Å²) in [5, 5.41) is 1.58. The highest BCUT2D eigenvalue weighted by atomic mass is 32.2. The smallest absolute Gasteiger partial charge is 0.280 e. The highest BCUT2D eigenvalue weighted by molar-refractivity contribution is 7.99. The molecule has 0 amide bonds. The van der Waals surface area contributed by atoms with Gasteiger partial charge in [-0.25, -0.2) is 0 Å². The molecule has 122 valence electrons. The van der Waals surface area contributed by atoms with E-state index in [1.807, 2.05) is 25.1 Å². The molecular weight excluding hydrogens is 336 g/mol. The summed E-state index contributed by atoms with van der Waals surface area (Å²) >= 11 is 3.34. The first-order valence-corrected chi connectivity index (χ1v) is 9.85. The zero-order valence-electron chi connectivity index (χ0n) is 13.5. The molecule has 0 atom stereocenters. The molecule has 4 rings (SSSR count). The maximum Gasteiger partial charge on any atom is 0.282 e. The molecule has 3 nitrogen and oxygen atoms in total. The van der Waals surface area contributed by atoms with Crippen LogP contribution in [0.25, 0.3) is 15.9 Å². The number of rotatable bonds is 4.